The number of hydrogen-bond acceptors (Lipinski definition) is 5. The van der Waals surface area contributed by atoms with Gasteiger partial charge in [-0.05, 0) is 37.9 Å². The number of likely N-dealkylation sites (N-methyl/N-ethyl adjacent to an activating group) is 2. The molecule has 7 nitrogen and oxygen atoms in total. The van der Waals surface area contributed by atoms with Crippen LogP contribution in [0.2, 0.25) is 0 Å². The van der Waals surface area contributed by atoms with Crippen LogP contribution >= 0.6 is 0 Å². The first-order valence-electron chi connectivity index (χ1n) is 12.1. The van der Waals surface area contributed by atoms with E-state index in [0.29, 0.717) is 37.4 Å². The molecule has 0 N–H and O–H groups in total. The van der Waals surface area contributed by atoms with Gasteiger partial charge in [0.25, 0.3) is 5.91 Å². The van der Waals surface area contributed by atoms with Gasteiger partial charge >= 0.3 is 0 Å². The second-order valence-electron chi connectivity index (χ2n) is 8.75. The van der Waals surface area contributed by atoms with Gasteiger partial charge in [-0.1, -0.05) is 31.5 Å². The molecule has 1 aliphatic carbocycles. The lowest BCUT2D eigenvalue weighted by Gasteiger charge is -2.37. The highest BCUT2D eigenvalue weighted by molar-refractivity contribution is 5.96. The number of methoxy groups -OCH3 is 1. The van der Waals surface area contributed by atoms with Crippen molar-refractivity contribution in [1.82, 2.24) is 14.7 Å². The summed E-state index contributed by atoms with van der Waals surface area (Å²) in [4.78, 5) is 28.8. The van der Waals surface area contributed by atoms with E-state index in [1.165, 1.54) is 19.3 Å². The molecule has 0 bridgehead atoms. The molecule has 1 aromatic rings. The summed E-state index contributed by atoms with van der Waals surface area (Å²) in [5.41, 5.74) is 2.64. The average Bonchev–Trinajstić information content (AvgIpc) is 3.03. The molecule has 33 heavy (non-hydrogen) atoms. The van der Waals surface area contributed by atoms with Crippen molar-refractivity contribution in [2.45, 2.75) is 45.1 Å². The molecule has 0 unspecified atom stereocenters. The number of carbonyl (C=O) groups is 1. The first kappa shape index (κ1) is 25.0. The minimum Gasteiger partial charge on any atom is -0.481 e. The number of ether oxygens (including phenoxy) is 1. The Morgan fingerprint density at radius 3 is 2.52 bits per heavy atom. The van der Waals surface area contributed by atoms with Crippen molar-refractivity contribution >= 4 is 18.1 Å². The van der Waals surface area contributed by atoms with E-state index >= 15 is 0 Å². The van der Waals surface area contributed by atoms with Gasteiger partial charge in [0.05, 0.1) is 19.1 Å². The van der Waals surface area contributed by atoms with Gasteiger partial charge in [0.15, 0.2) is 0 Å². The van der Waals surface area contributed by atoms with E-state index in [4.69, 9.17) is 9.73 Å². The van der Waals surface area contributed by atoms with E-state index in [1.807, 2.05) is 41.6 Å². The molecule has 1 heterocycles. The smallest absolute Gasteiger partial charge is 0.253 e. The summed E-state index contributed by atoms with van der Waals surface area (Å²) in [7, 11) is 5.45. The van der Waals surface area contributed by atoms with E-state index in [0.717, 1.165) is 36.9 Å². The molecule has 2 aliphatic rings. The van der Waals surface area contributed by atoms with Gasteiger partial charge in [-0.2, -0.15) is 0 Å². The van der Waals surface area contributed by atoms with Gasteiger partial charge in [-0.15, -0.1) is 0 Å². The number of benzene rings is 1. The Balaban J connectivity index is 1.67. The molecule has 0 spiro atoms. The number of nitrogens with zero attached hydrogens (tertiary/aromatic N) is 5. The van der Waals surface area contributed by atoms with Gasteiger partial charge < -0.3 is 14.5 Å². The predicted molar refractivity (Wildman–Crippen MR) is 135 cm³/mol. The molecular formula is C26H39N5O2. The van der Waals surface area contributed by atoms with E-state index in [9.17, 15) is 4.79 Å². The Bertz CT molecular complexity index is 861. The van der Waals surface area contributed by atoms with Crippen LogP contribution in [0.4, 0.5) is 0 Å². The summed E-state index contributed by atoms with van der Waals surface area (Å²) in [6, 6.07) is 10.2. The third-order valence-electron chi connectivity index (χ3n) is 6.71. The van der Waals surface area contributed by atoms with Crippen LogP contribution in [0.3, 0.4) is 0 Å². The standard InChI is InChI=1S/C26H39N5O2/c1-5-30(22-12-9-13-22)19-18-29(3)20-28-24-15-17-31(16-14-23(24)25(27-2)33-4)26(32)21-10-7-6-8-11-21/h6-8,10-11,20,22H,5,9,12-19H2,1-4H3. The largest absolute Gasteiger partial charge is 0.481 e. The molecule has 180 valence electrons. The maximum Gasteiger partial charge on any atom is 0.253 e. The number of carbonyl (C=O) groups excluding carboxylic acids is 1. The molecule has 1 amide bonds. The SMILES string of the molecule is CCN(CCN(C)C=NC1=C(C(=NC)OC)CCN(C(=O)c2ccccc2)CC1)C1CCC1. The molecule has 1 fully saturated rings. The quantitative estimate of drug-likeness (QED) is 0.423. The molecule has 0 aromatic heterocycles. The Kier molecular flexibility index (Phi) is 9.48. The van der Waals surface area contributed by atoms with Crippen molar-refractivity contribution in [2.24, 2.45) is 9.98 Å². The number of hydrogen-bond donors (Lipinski definition) is 0. The zero-order valence-electron chi connectivity index (χ0n) is 20.7. The van der Waals surface area contributed by atoms with Crippen LogP contribution in [0.15, 0.2) is 51.6 Å². The number of amides is 1. The third-order valence-corrected chi connectivity index (χ3v) is 6.71. The monoisotopic (exact) mass is 453 g/mol. The van der Waals surface area contributed by atoms with Crippen LogP contribution in [-0.2, 0) is 4.74 Å². The fourth-order valence-corrected chi connectivity index (χ4v) is 4.45. The summed E-state index contributed by atoms with van der Waals surface area (Å²) < 4.78 is 5.55. The van der Waals surface area contributed by atoms with Gasteiger partial charge in [0, 0.05) is 63.9 Å². The van der Waals surface area contributed by atoms with Crippen LogP contribution < -0.4 is 0 Å². The maximum atomic E-state index is 13.0. The Hall–Kier alpha value is -2.67. The lowest BCUT2D eigenvalue weighted by atomic mass is 9.91. The van der Waals surface area contributed by atoms with Crippen LogP contribution in [0.1, 0.15) is 49.4 Å². The lowest BCUT2D eigenvalue weighted by molar-refractivity contribution is 0.0763. The molecule has 1 aromatic carbocycles. The summed E-state index contributed by atoms with van der Waals surface area (Å²) >= 11 is 0. The zero-order valence-corrected chi connectivity index (χ0v) is 20.7. The van der Waals surface area contributed by atoms with E-state index in [1.54, 1.807) is 14.2 Å². The molecule has 1 aliphatic heterocycles. The van der Waals surface area contributed by atoms with Gasteiger partial charge in [0.1, 0.15) is 0 Å². The van der Waals surface area contributed by atoms with Crippen molar-refractivity contribution in [3.63, 3.8) is 0 Å². The normalized spacial score (nSPS) is 18.0. The van der Waals surface area contributed by atoms with Crippen molar-refractivity contribution < 1.29 is 9.53 Å². The maximum absolute atomic E-state index is 13.0. The highest BCUT2D eigenvalue weighted by Gasteiger charge is 2.25. The highest BCUT2D eigenvalue weighted by Crippen LogP contribution is 2.25. The molecule has 1 saturated carbocycles. The summed E-state index contributed by atoms with van der Waals surface area (Å²) in [6.07, 6.45) is 7.28. The topological polar surface area (TPSA) is 60.7 Å². The first-order valence-corrected chi connectivity index (χ1v) is 12.1. The molecular weight excluding hydrogens is 414 g/mol. The summed E-state index contributed by atoms with van der Waals surface area (Å²) in [5.74, 6) is 0.654. The Morgan fingerprint density at radius 1 is 1.18 bits per heavy atom. The highest BCUT2D eigenvalue weighted by atomic mass is 16.5. The second kappa shape index (κ2) is 12.5. The van der Waals surface area contributed by atoms with Gasteiger partial charge in [-0.25, -0.2) is 4.99 Å². The minimum absolute atomic E-state index is 0.0559. The van der Waals surface area contributed by atoms with Crippen LogP contribution in [0.5, 0.6) is 0 Å². The van der Waals surface area contributed by atoms with Gasteiger partial charge in [0.2, 0.25) is 5.90 Å². The second-order valence-corrected chi connectivity index (χ2v) is 8.75. The van der Waals surface area contributed by atoms with E-state index in [2.05, 4.69) is 28.8 Å². The molecule has 7 heteroatoms. The predicted octanol–water partition coefficient (Wildman–Crippen LogP) is 3.69. The number of aliphatic imine (C=N–C) groups is 2. The fourth-order valence-electron chi connectivity index (χ4n) is 4.45. The molecule has 0 saturated heterocycles. The van der Waals surface area contributed by atoms with Crippen molar-refractivity contribution in [3.8, 4) is 0 Å². The summed E-state index contributed by atoms with van der Waals surface area (Å²) in [5, 5.41) is 0. The lowest BCUT2D eigenvalue weighted by Crippen LogP contribution is -2.43. The molecule has 0 atom stereocenters. The van der Waals surface area contributed by atoms with Crippen LogP contribution in [0.25, 0.3) is 0 Å². The zero-order chi connectivity index (χ0) is 23.6. The average molecular weight is 454 g/mol. The van der Waals surface area contributed by atoms with Crippen LogP contribution in [-0.4, -0.2) is 92.8 Å². The van der Waals surface area contributed by atoms with Gasteiger partial charge in [-0.3, -0.25) is 14.7 Å². The van der Waals surface area contributed by atoms with Crippen molar-refractivity contribution in [3.05, 3.63) is 47.2 Å². The fraction of sp³-hybridized carbons (Fsp3) is 0.577. The number of rotatable bonds is 9. The Morgan fingerprint density at radius 2 is 1.91 bits per heavy atom. The summed E-state index contributed by atoms with van der Waals surface area (Å²) in [6.45, 7) is 6.57. The minimum atomic E-state index is 0.0559. The molecule has 0 radical (unpaired) electrons. The van der Waals surface area contributed by atoms with E-state index in [-0.39, 0.29) is 5.91 Å². The van der Waals surface area contributed by atoms with E-state index < -0.39 is 0 Å². The van der Waals surface area contributed by atoms with Crippen molar-refractivity contribution in [2.75, 3.05) is 53.9 Å². The van der Waals surface area contributed by atoms with Crippen molar-refractivity contribution in [1.29, 1.82) is 0 Å². The first-order chi connectivity index (χ1) is 16.1. The third kappa shape index (κ3) is 6.67. The van der Waals surface area contributed by atoms with Crippen LogP contribution in [0, 0.1) is 0 Å². The Labute approximate surface area is 198 Å². The molecule has 3 rings (SSSR count).